The molecule has 0 aliphatic carbocycles. The molecule has 0 radical (unpaired) electrons. The molecule has 3 aromatic heterocycles. The number of nitrogen functional groups attached to an aromatic ring is 1. The molecule has 0 spiro atoms. The molecule has 0 fully saturated rings. The number of aromatic nitrogens is 5. The first-order valence-corrected chi connectivity index (χ1v) is 11.5. The van der Waals surface area contributed by atoms with Crippen LogP contribution >= 0.6 is 0 Å². The van der Waals surface area contributed by atoms with Crippen LogP contribution in [0.5, 0.6) is 0 Å². The van der Waals surface area contributed by atoms with Crippen LogP contribution in [0.1, 0.15) is 42.3 Å². The summed E-state index contributed by atoms with van der Waals surface area (Å²) in [6.45, 7) is 5.91. The second-order valence-electron chi connectivity index (χ2n) is 8.81. The van der Waals surface area contributed by atoms with Crippen LogP contribution < -0.4 is 11.1 Å². The summed E-state index contributed by atoms with van der Waals surface area (Å²) in [7, 11) is 0. The Labute approximate surface area is 210 Å². The summed E-state index contributed by atoms with van der Waals surface area (Å²) in [6, 6.07) is 10.6. The number of anilines is 3. The van der Waals surface area contributed by atoms with Gasteiger partial charge < -0.3 is 11.1 Å². The Morgan fingerprint density at radius 1 is 1.00 bits per heavy atom. The molecule has 0 saturated carbocycles. The summed E-state index contributed by atoms with van der Waals surface area (Å²) in [5, 5.41) is 9.75. The summed E-state index contributed by atoms with van der Waals surface area (Å²) >= 11 is 0. The SMILES string of the molecule is Cc1ccc2c(Nc3cccc(C(F)(F)F)c3)nccc2c1C#Cc1nn(C(C)C)c2ncnc(N)c12. The molecular weight excluding hydrogens is 479 g/mol. The molecular formula is C27H22F3N7. The number of aryl methyl sites for hydroxylation is 1. The van der Waals surface area contributed by atoms with E-state index < -0.39 is 11.7 Å². The molecule has 0 aliphatic rings. The molecule has 5 rings (SSSR count). The van der Waals surface area contributed by atoms with E-state index in [2.05, 4.69) is 37.2 Å². The van der Waals surface area contributed by atoms with E-state index in [-0.39, 0.29) is 11.7 Å². The van der Waals surface area contributed by atoms with Crippen molar-refractivity contribution in [1.82, 2.24) is 24.7 Å². The number of hydrogen-bond donors (Lipinski definition) is 2. The van der Waals surface area contributed by atoms with Gasteiger partial charge in [-0.05, 0) is 56.5 Å². The van der Waals surface area contributed by atoms with Crippen molar-refractivity contribution in [2.24, 2.45) is 0 Å². The largest absolute Gasteiger partial charge is 0.416 e. The lowest BCUT2D eigenvalue weighted by Gasteiger charge is -2.13. The highest BCUT2D eigenvalue weighted by molar-refractivity contribution is 5.98. The van der Waals surface area contributed by atoms with E-state index >= 15 is 0 Å². The monoisotopic (exact) mass is 501 g/mol. The van der Waals surface area contributed by atoms with Crippen molar-refractivity contribution in [3.63, 3.8) is 0 Å². The van der Waals surface area contributed by atoms with E-state index in [4.69, 9.17) is 5.73 Å². The number of nitrogens with two attached hydrogens (primary N) is 1. The minimum absolute atomic E-state index is 0.0437. The summed E-state index contributed by atoms with van der Waals surface area (Å²) in [5.74, 6) is 7.08. The summed E-state index contributed by atoms with van der Waals surface area (Å²) in [6.07, 6.45) is -1.45. The molecule has 0 aliphatic heterocycles. The highest BCUT2D eigenvalue weighted by atomic mass is 19.4. The number of alkyl halides is 3. The molecule has 10 heteroatoms. The summed E-state index contributed by atoms with van der Waals surface area (Å²) < 4.78 is 41.3. The lowest BCUT2D eigenvalue weighted by atomic mass is 10.0. The number of benzene rings is 2. The maximum absolute atomic E-state index is 13.2. The molecule has 7 nitrogen and oxygen atoms in total. The average Bonchev–Trinajstić information content (AvgIpc) is 3.23. The first-order chi connectivity index (χ1) is 17.6. The Kier molecular flexibility index (Phi) is 5.91. The number of nitrogens with zero attached hydrogens (tertiary/aromatic N) is 5. The Balaban J connectivity index is 1.60. The zero-order valence-electron chi connectivity index (χ0n) is 20.2. The number of pyridine rings is 1. The van der Waals surface area contributed by atoms with Gasteiger partial charge in [-0.1, -0.05) is 24.1 Å². The fraction of sp³-hybridized carbons (Fsp3) is 0.185. The Hall–Kier alpha value is -4.65. The van der Waals surface area contributed by atoms with Gasteiger partial charge in [-0.25, -0.2) is 19.6 Å². The van der Waals surface area contributed by atoms with E-state index in [0.29, 0.717) is 28.4 Å². The van der Waals surface area contributed by atoms with Gasteiger partial charge in [0, 0.05) is 34.3 Å². The zero-order chi connectivity index (χ0) is 26.3. The van der Waals surface area contributed by atoms with Gasteiger partial charge in [0.1, 0.15) is 23.7 Å². The molecule has 0 atom stereocenters. The highest BCUT2D eigenvalue weighted by Gasteiger charge is 2.30. The van der Waals surface area contributed by atoms with E-state index in [0.717, 1.165) is 34.0 Å². The van der Waals surface area contributed by atoms with Gasteiger partial charge in [-0.2, -0.15) is 18.3 Å². The van der Waals surface area contributed by atoms with E-state index in [1.54, 1.807) is 16.9 Å². The van der Waals surface area contributed by atoms with Crippen molar-refractivity contribution in [2.45, 2.75) is 33.0 Å². The fourth-order valence-electron chi connectivity index (χ4n) is 4.10. The quantitative estimate of drug-likeness (QED) is 0.294. The van der Waals surface area contributed by atoms with Crippen molar-refractivity contribution in [2.75, 3.05) is 11.1 Å². The number of halogens is 3. The number of fused-ring (bicyclic) bond motifs is 2. The smallest absolute Gasteiger partial charge is 0.383 e. The first-order valence-electron chi connectivity index (χ1n) is 11.5. The third kappa shape index (κ3) is 4.51. The van der Waals surface area contributed by atoms with Crippen LogP contribution in [0.15, 0.2) is 55.0 Å². The van der Waals surface area contributed by atoms with Gasteiger partial charge in [0.15, 0.2) is 5.65 Å². The van der Waals surface area contributed by atoms with E-state index in [1.165, 1.54) is 12.4 Å². The molecule has 37 heavy (non-hydrogen) atoms. The standard InChI is InChI=1S/C27H22F3N7/c1-15(2)37-26-23(24(31)33-14-34-26)22(36-37)10-9-19-16(3)7-8-21-20(19)11-12-32-25(21)35-18-6-4-5-17(13-18)27(28,29)30/h4-8,11-15H,1-3H3,(H,32,35)(H2,31,33,34). The first kappa shape index (κ1) is 24.1. The van der Waals surface area contributed by atoms with Crippen molar-refractivity contribution >= 4 is 39.1 Å². The molecule has 0 unspecified atom stereocenters. The van der Waals surface area contributed by atoms with Crippen molar-refractivity contribution in [1.29, 1.82) is 0 Å². The summed E-state index contributed by atoms with van der Waals surface area (Å²) in [5.41, 5.74) is 8.42. The molecule has 3 heterocycles. The van der Waals surface area contributed by atoms with Gasteiger partial charge in [0.25, 0.3) is 0 Å². The normalized spacial score (nSPS) is 11.6. The number of nitrogens with one attached hydrogen (secondary N) is 1. The number of rotatable bonds is 3. The van der Waals surface area contributed by atoms with Gasteiger partial charge in [-0.15, -0.1) is 0 Å². The van der Waals surface area contributed by atoms with Crippen LogP contribution in [-0.4, -0.2) is 24.7 Å². The molecule has 5 aromatic rings. The second-order valence-corrected chi connectivity index (χ2v) is 8.81. The number of hydrogen-bond acceptors (Lipinski definition) is 6. The summed E-state index contributed by atoms with van der Waals surface area (Å²) in [4.78, 5) is 12.8. The Morgan fingerprint density at radius 2 is 1.81 bits per heavy atom. The molecule has 0 amide bonds. The fourth-order valence-corrected chi connectivity index (χ4v) is 4.10. The van der Waals surface area contributed by atoms with Crippen LogP contribution in [0.3, 0.4) is 0 Å². The van der Waals surface area contributed by atoms with E-state index in [1.807, 2.05) is 39.0 Å². The van der Waals surface area contributed by atoms with Crippen molar-refractivity contribution in [3.05, 3.63) is 77.4 Å². The minimum atomic E-state index is -4.44. The van der Waals surface area contributed by atoms with Crippen molar-refractivity contribution < 1.29 is 13.2 Å². The minimum Gasteiger partial charge on any atom is -0.383 e. The van der Waals surface area contributed by atoms with Gasteiger partial charge in [0.2, 0.25) is 0 Å². The predicted octanol–water partition coefficient (Wildman–Crippen LogP) is 6.01. The molecule has 0 bridgehead atoms. The zero-order valence-corrected chi connectivity index (χ0v) is 20.2. The second kappa shape index (κ2) is 9.09. The van der Waals surface area contributed by atoms with Crippen LogP contribution in [0.2, 0.25) is 0 Å². The Bertz CT molecular complexity index is 1710. The van der Waals surface area contributed by atoms with Crippen LogP contribution in [0.4, 0.5) is 30.5 Å². The van der Waals surface area contributed by atoms with Crippen LogP contribution in [0, 0.1) is 18.8 Å². The van der Waals surface area contributed by atoms with Crippen LogP contribution in [0.25, 0.3) is 21.8 Å². The Morgan fingerprint density at radius 3 is 2.57 bits per heavy atom. The molecule has 2 aromatic carbocycles. The maximum Gasteiger partial charge on any atom is 0.416 e. The van der Waals surface area contributed by atoms with Gasteiger partial charge in [0.05, 0.1) is 10.9 Å². The third-order valence-electron chi connectivity index (χ3n) is 5.92. The molecule has 186 valence electrons. The topological polar surface area (TPSA) is 94.5 Å². The lowest BCUT2D eigenvalue weighted by molar-refractivity contribution is -0.137. The predicted molar refractivity (Wildman–Crippen MR) is 137 cm³/mol. The maximum atomic E-state index is 13.2. The van der Waals surface area contributed by atoms with Gasteiger partial charge >= 0.3 is 6.18 Å². The highest BCUT2D eigenvalue weighted by Crippen LogP contribution is 2.33. The van der Waals surface area contributed by atoms with Gasteiger partial charge in [-0.3, -0.25) is 0 Å². The molecule has 3 N–H and O–H groups in total. The molecule has 0 saturated heterocycles. The van der Waals surface area contributed by atoms with Crippen molar-refractivity contribution in [3.8, 4) is 11.8 Å². The lowest BCUT2D eigenvalue weighted by Crippen LogP contribution is -2.05. The average molecular weight is 502 g/mol. The van der Waals surface area contributed by atoms with E-state index in [9.17, 15) is 13.2 Å². The van der Waals surface area contributed by atoms with Crippen LogP contribution in [-0.2, 0) is 6.18 Å². The third-order valence-corrected chi connectivity index (χ3v) is 5.92.